The van der Waals surface area contributed by atoms with Crippen LogP contribution in [0, 0.1) is 12.8 Å². The molecule has 2 amide bonds. The fourth-order valence-electron chi connectivity index (χ4n) is 7.20. The zero-order chi connectivity index (χ0) is 34.0. The molecule has 3 aromatic carbocycles. The highest BCUT2D eigenvalue weighted by Gasteiger charge is 2.41. The Morgan fingerprint density at radius 2 is 1.62 bits per heavy atom. The molecular weight excluding hydrogens is 602 g/mol. The van der Waals surface area contributed by atoms with Crippen LogP contribution in [0.1, 0.15) is 73.6 Å². The lowest BCUT2D eigenvalue weighted by Crippen LogP contribution is -2.45. The number of aryl methyl sites for hydroxylation is 1. The van der Waals surface area contributed by atoms with Crippen LogP contribution >= 0.6 is 0 Å². The van der Waals surface area contributed by atoms with E-state index in [2.05, 4.69) is 48.4 Å². The van der Waals surface area contributed by atoms with Crippen molar-refractivity contribution in [3.63, 3.8) is 0 Å². The van der Waals surface area contributed by atoms with Crippen molar-refractivity contribution < 1.29 is 19.1 Å². The number of fused-ring (bicyclic) bond motifs is 2. The molecule has 2 N–H and O–H groups in total. The van der Waals surface area contributed by atoms with Gasteiger partial charge in [-0.2, -0.15) is 5.10 Å². The van der Waals surface area contributed by atoms with E-state index in [9.17, 15) is 9.59 Å². The van der Waals surface area contributed by atoms with Crippen LogP contribution in [0.15, 0.2) is 72.8 Å². The minimum Gasteiger partial charge on any atom is -0.497 e. The summed E-state index contributed by atoms with van der Waals surface area (Å²) in [4.78, 5) is 29.0. The molecule has 1 aromatic heterocycles. The highest BCUT2D eigenvalue weighted by Crippen LogP contribution is 2.40. The molecule has 2 aliphatic heterocycles. The fourth-order valence-corrected chi connectivity index (χ4v) is 7.20. The summed E-state index contributed by atoms with van der Waals surface area (Å²) in [6, 6.07) is 24.0. The van der Waals surface area contributed by atoms with Crippen molar-refractivity contribution in [1.29, 1.82) is 0 Å². The molecule has 0 saturated carbocycles. The molecule has 2 unspecified atom stereocenters. The Morgan fingerprint density at radius 3 is 2.29 bits per heavy atom. The molecule has 3 heterocycles. The molecule has 2 saturated heterocycles. The minimum absolute atomic E-state index is 0.0819. The minimum atomic E-state index is -0.314. The van der Waals surface area contributed by atoms with Crippen LogP contribution in [0.5, 0.6) is 11.5 Å². The topological polar surface area (TPSA) is 97.7 Å². The van der Waals surface area contributed by atoms with Crippen LogP contribution in [0.2, 0.25) is 0 Å². The number of rotatable bonds is 10. The Kier molecular flexibility index (Phi) is 9.60. The second-order valence-corrected chi connectivity index (χ2v) is 14.3. The van der Waals surface area contributed by atoms with Gasteiger partial charge in [-0.25, -0.2) is 9.48 Å². The fraction of sp³-hybridized carbons (Fsp3) is 0.410. The molecule has 252 valence electrons. The predicted molar refractivity (Wildman–Crippen MR) is 190 cm³/mol. The number of nitrogens with one attached hydrogen (secondary N) is 2. The van der Waals surface area contributed by atoms with E-state index in [1.54, 1.807) is 31.0 Å². The third kappa shape index (κ3) is 7.41. The number of hydrogen-bond acceptors (Lipinski definition) is 6. The van der Waals surface area contributed by atoms with E-state index in [0.29, 0.717) is 47.4 Å². The quantitative estimate of drug-likeness (QED) is 0.170. The Labute approximate surface area is 283 Å². The molecule has 9 heteroatoms. The second-order valence-electron chi connectivity index (χ2n) is 14.3. The lowest BCUT2D eigenvalue weighted by molar-refractivity contribution is 0.0742. The van der Waals surface area contributed by atoms with E-state index in [-0.39, 0.29) is 17.2 Å². The zero-order valence-corrected chi connectivity index (χ0v) is 28.9. The Bertz CT molecular complexity index is 1760. The van der Waals surface area contributed by atoms with Crippen molar-refractivity contribution in [2.24, 2.45) is 5.92 Å². The van der Waals surface area contributed by atoms with Crippen molar-refractivity contribution in [3.8, 4) is 17.2 Å². The number of carbonyl (C=O) groups excluding carboxylic acids is 2. The molecule has 0 spiro atoms. The van der Waals surface area contributed by atoms with E-state index < -0.39 is 0 Å². The third-order valence-electron chi connectivity index (χ3n) is 9.72. The summed E-state index contributed by atoms with van der Waals surface area (Å²) in [6.07, 6.45) is 5.28. The maximum Gasteiger partial charge on any atom is 0.324 e. The average molecular weight is 650 g/mol. The van der Waals surface area contributed by atoms with Crippen LogP contribution in [-0.2, 0) is 11.8 Å². The monoisotopic (exact) mass is 649 g/mol. The Morgan fingerprint density at radius 1 is 0.896 bits per heavy atom. The lowest BCUT2D eigenvalue weighted by Gasteiger charge is -2.38. The number of benzene rings is 3. The molecule has 0 radical (unpaired) electrons. The van der Waals surface area contributed by atoms with Gasteiger partial charge in [0.2, 0.25) is 0 Å². The number of carbonyl (C=O) groups is 2. The van der Waals surface area contributed by atoms with Crippen molar-refractivity contribution in [1.82, 2.24) is 14.7 Å². The summed E-state index contributed by atoms with van der Waals surface area (Å²) in [5, 5.41) is 10.9. The van der Waals surface area contributed by atoms with Gasteiger partial charge in [0.05, 0.1) is 37.7 Å². The first-order valence-corrected chi connectivity index (χ1v) is 16.9. The van der Waals surface area contributed by atoms with Gasteiger partial charge in [-0.3, -0.25) is 15.0 Å². The van der Waals surface area contributed by atoms with Crippen molar-refractivity contribution >= 4 is 23.3 Å². The standard InChI is InChI=1S/C39H47N5O4/c1-25-10-12-29(13-11-25)44-37(23-36(42-44)39(2,3)4)41-38(46)40-28-9-7-8-26(19-28)18-27-20-30-14-15-31(21-27)43(30)24-34(45)33-17-16-32(47-5)22-35(33)48-6/h7-13,16-17,19,22-23,27,30-31H,14-15,18,20-21,24H2,1-6H3,(H2,40,41,46). The number of ether oxygens (including phenoxy) is 2. The zero-order valence-electron chi connectivity index (χ0n) is 28.9. The molecule has 2 atom stereocenters. The number of ketones is 1. The van der Waals surface area contributed by atoms with Gasteiger partial charge < -0.3 is 14.8 Å². The number of nitrogens with zero attached hydrogens (tertiary/aromatic N) is 3. The van der Waals surface area contributed by atoms with E-state index in [0.717, 1.165) is 54.7 Å². The van der Waals surface area contributed by atoms with Gasteiger partial charge in [0.15, 0.2) is 5.78 Å². The second kappa shape index (κ2) is 13.8. The summed E-state index contributed by atoms with van der Waals surface area (Å²) in [6.45, 7) is 8.78. The van der Waals surface area contributed by atoms with E-state index in [4.69, 9.17) is 14.6 Å². The maximum atomic E-state index is 13.4. The van der Waals surface area contributed by atoms with E-state index in [1.807, 2.05) is 55.5 Å². The molecule has 2 fully saturated rings. The number of amides is 2. The summed E-state index contributed by atoms with van der Waals surface area (Å²) < 4.78 is 12.6. The van der Waals surface area contributed by atoms with E-state index in [1.165, 1.54) is 5.56 Å². The molecule has 0 aliphatic carbocycles. The number of hydrogen-bond donors (Lipinski definition) is 2. The van der Waals surface area contributed by atoms with Crippen molar-refractivity contribution in [2.45, 2.75) is 77.3 Å². The smallest absolute Gasteiger partial charge is 0.324 e. The number of piperidine rings is 1. The summed E-state index contributed by atoms with van der Waals surface area (Å²) >= 11 is 0. The van der Waals surface area contributed by atoms with Gasteiger partial charge in [0.1, 0.15) is 17.3 Å². The number of urea groups is 1. The molecule has 4 aromatic rings. The van der Waals surface area contributed by atoms with Gasteiger partial charge >= 0.3 is 6.03 Å². The molecule has 9 nitrogen and oxygen atoms in total. The SMILES string of the molecule is COc1ccc(C(=O)CN2C3CCC2CC(Cc2cccc(NC(=O)Nc4cc(C(C)(C)C)nn4-c4ccc(C)cc4)c2)C3)c(OC)c1. The molecule has 2 bridgehead atoms. The normalized spacial score (nSPS) is 19.2. The summed E-state index contributed by atoms with van der Waals surface area (Å²) in [7, 11) is 3.19. The third-order valence-corrected chi connectivity index (χ3v) is 9.72. The van der Waals surface area contributed by atoms with Crippen LogP contribution in [0.4, 0.5) is 16.3 Å². The first-order valence-electron chi connectivity index (χ1n) is 16.9. The Balaban J connectivity index is 1.08. The Hall–Kier alpha value is -4.63. The van der Waals surface area contributed by atoms with Crippen LogP contribution in [0.3, 0.4) is 0 Å². The molecule has 2 aliphatic rings. The first-order chi connectivity index (χ1) is 23.0. The van der Waals surface area contributed by atoms with Gasteiger partial charge in [-0.05, 0) is 86.9 Å². The van der Waals surface area contributed by atoms with Crippen LogP contribution < -0.4 is 20.1 Å². The average Bonchev–Trinajstić information content (AvgIpc) is 3.58. The number of anilines is 2. The number of methoxy groups -OCH3 is 2. The van der Waals surface area contributed by atoms with Crippen molar-refractivity contribution in [2.75, 3.05) is 31.4 Å². The maximum absolute atomic E-state index is 13.4. The molecule has 6 rings (SSSR count). The van der Waals surface area contributed by atoms with Gasteiger partial charge in [-0.15, -0.1) is 0 Å². The highest BCUT2D eigenvalue weighted by molar-refractivity contribution is 6.00. The number of aromatic nitrogens is 2. The van der Waals surface area contributed by atoms with Gasteiger partial charge in [-0.1, -0.05) is 50.6 Å². The first kappa shape index (κ1) is 33.3. The van der Waals surface area contributed by atoms with Gasteiger partial charge in [0.25, 0.3) is 0 Å². The van der Waals surface area contributed by atoms with Crippen molar-refractivity contribution in [3.05, 3.63) is 95.2 Å². The predicted octanol–water partition coefficient (Wildman–Crippen LogP) is 7.81. The van der Waals surface area contributed by atoms with Crippen LogP contribution in [0.25, 0.3) is 5.69 Å². The summed E-state index contributed by atoms with van der Waals surface area (Å²) in [5.74, 6) is 2.44. The van der Waals surface area contributed by atoms with E-state index >= 15 is 0 Å². The summed E-state index contributed by atoms with van der Waals surface area (Å²) in [5.41, 5.74) is 5.32. The highest BCUT2D eigenvalue weighted by atomic mass is 16.5. The van der Waals surface area contributed by atoms with Crippen LogP contribution in [-0.4, -0.2) is 59.3 Å². The number of Topliss-reactive ketones (excluding diaryl/α,β-unsaturated/α-hetero) is 1. The lowest BCUT2D eigenvalue weighted by atomic mass is 9.85. The largest absolute Gasteiger partial charge is 0.497 e. The van der Waals surface area contributed by atoms with Gasteiger partial charge in [0, 0.05) is 35.3 Å². The molecule has 48 heavy (non-hydrogen) atoms. The molecular formula is C39H47N5O4.